The van der Waals surface area contributed by atoms with E-state index >= 15 is 0 Å². The quantitative estimate of drug-likeness (QED) is 0.0264. The highest BCUT2D eigenvalue weighted by molar-refractivity contribution is 7.47. The first-order valence-electron chi connectivity index (χ1n) is 31.6. The van der Waals surface area contributed by atoms with Crippen LogP contribution in [-0.4, -0.2) is 49.3 Å². The zero-order valence-electron chi connectivity index (χ0n) is 48.6. The molecule has 0 fully saturated rings. The molecule has 0 amide bonds. The molecule has 0 rings (SSSR count). The van der Waals surface area contributed by atoms with Gasteiger partial charge in [0.1, 0.15) is 6.61 Å². The minimum atomic E-state index is -4.39. The third kappa shape index (κ3) is 59.2. The van der Waals surface area contributed by atoms with Crippen LogP contribution < -0.4 is 5.73 Å². The average Bonchev–Trinajstić information content (AvgIpc) is 3.39. The van der Waals surface area contributed by atoms with Gasteiger partial charge in [0.25, 0.3) is 0 Å². The van der Waals surface area contributed by atoms with Gasteiger partial charge < -0.3 is 20.1 Å². The monoisotopic (exact) mass is 1060 g/mol. The zero-order chi connectivity index (χ0) is 53.8. The minimum Gasteiger partial charge on any atom is -0.462 e. The van der Waals surface area contributed by atoms with E-state index in [1.54, 1.807) is 0 Å². The number of esters is 2. The van der Waals surface area contributed by atoms with Crippen molar-refractivity contribution in [2.45, 2.75) is 322 Å². The van der Waals surface area contributed by atoms with E-state index in [-0.39, 0.29) is 38.6 Å². The molecule has 434 valence electrons. The first-order valence-corrected chi connectivity index (χ1v) is 33.1. The Labute approximate surface area is 457 Å². The maximum atomic E-state index is 12.7. The lowest BCUT2D eigenvalue weighted by molar-refractivity contribution is -0.161. The average molecular weight is 1060 g/mol. The standard InChI is InChI=1S/C64H120NO8P/c1-3-5-7-9-11-13-15-17-19-21-22-23-24-25-26-27-28-29-30-31-32-33-34-35-36-37-38-39-41-42-44-46-48-50-52-54-56-63(66)70-60-62(61-72-74(68,69)71-59-58-65)73-64(67)57-55-53-51-49-47-45-43-40-20-18-16-14-12-10-8-6-4-2/h6,8,12,14,18,20,43,45,62H,3-5,7,9-11,13,15-17,19,21-42,44,46-61,65H2,1-2H3,(H,68,69)/b8-6-,14-12-,20-18-,45-43-. The number of hydrogen-bond donors (Lipinski definition) is 2. The molecule has 0 saturated carbocycles. The van der Waals surface area contributed by atoms with Crippen molar-refractivity contribution < 1.29 is 37.6 Å². The maximum Gasteiger partial charge on any atom is 0.472 e. The Bertz CT molecular complexity index is 1350. The van der Waals surface area contributed by atoms with Gasteiger partial charge in [-0.05, 0) is 51.4 Å². The molecule has 0 saturated heterocycles. The van der Waals surface area contributed by atoms with E-state index in [1.807, 2.05) is 0 Å². The van der Waals surface area contributed by atoms with Crippen LogP contribution in [0.3, 0.4) is 0 Å². The third-order valence-electron chi connectivity index (χ3n) is 14.0. The summed E-state index contributed by atoms with van der Waals surface area (Å²) in [6.07, 6.45) is 75.0. The van der Waals surface area contributed by atoms with Crippen molar-refractivity contribution in [2.75, 3.05) is 26.4 Å². The van der Waals surface area contributed by atoms with Crippen LogP contribution in [0.15, 0.2) is 48.6 Å². The minimum absolute atomic E-state index is 0.0488. The van der Waals surface area contributed by atoms with Gasteiger partial charge in [0.2, 0.25) is 0 Å². The summed E-state index contributed by atoms with van der Waals surface area (Å²) < 4.78 is 33.0. The molecule has 2 atom stereocenters. The Morgan fingerprint density at radius 1 is 0.419 bits per heavy atom. The lowest BCUT2D eigenvalue weighted by atomic mass is 10.0. The molecule has 10 heteroatoms. The van der Waals surface area contributed by atoms with Gasteiger partial charge in [-0.25, -0.2) is 4.57 Å². The number of ether oxygens (including phenoxy) is 2. The number of unbranched alkanes of at least 4 members (excludes halogenated alkanes) is 39. The number of carbonyl (C=O) groups excluding carboxylic acids is 2. The molecule has 0 aliphatic rings. The predicted molar refractivity (Wildman–Crippen MR) is 317 cm³/mol. The van der Waals surface area contributed by atoms with Gasteiger partial charge in [0.15, 0.2) is 6.10 Å². The maximum absolute atomic E-state index is 12.7. The van der Waals surface area contributed by atoms with Gasteiger partial charge >= 0.3 is 19.8 Å². The fraction of sp³-hybridized carbons (Fsp3) is 0.844. The van der Waals surface area contributed by atoms with Crippen LogP contribution >= 0.6 is 7.82 Å². The van der Waals surface area contributed by atoms with Crippen molar-refractivity contribution in [3.8, 4) is 0 Å². The fourth-order valence-electron chi connectivity index (χ4n) is 9.34. The van der Waals surface area contributed by atoms with Crippen LogP contribution in [0.1, 0.15) is 316 Å². The van der Waals surface area contributed by atoms with Crippen LogP contribution in [0, 0.1) is 0 Å². The Morgan fingerprint density at radius 3 is 1.11 bits per heavy atom. The largest absolute Gasteiger partial charge is 0.472 e. The normalized spacial score (nSPS) is 13.3. The van der Waals surface area contributed by atoms with Crippen LogP contribution in [0.4, 0.5) is 0 Å². The number of phosphoric ester groups is 1. The second kappa shape index (κ2) is 60.2. The van der Waals surface area contributed by atoms with Crippen molar-refractivity contribution in [3.63, 3.8) is 0 Å². The summed E-state index contributed by atoms with van der Waals surface area (Å²) in [6.45, 7) is 3.64. The topological polar surface area (TPSA) is 134 Å². The molecule has 0 bridgehead atoms. The van der Waals surface area contributed by atoms with Gasteiger partial charge in [-0.1, -0.05) is 300 Å². The summed E-state index contributed by atoms with van der Waals surface area (Å²) >= 11 is 0. The predicted octanol–water partition coefficient (Wildman–Crippen LogP) is 20.1. The van der Waals surface area contributed by atoms with Crippen LogP contribution in [-0.2, 0) is 32.7 Å². The summed E-state index contributed by atoms with van der Waals surface area (Å²) in [4.78, 5) is 35.2. The summed E-state index contributed by atoms with van der Waals surface area (Å²) in [5, 5.41) is 0. The van der Waals surface area contributed by atoms with Gasteiger partial charge in [0.05, 0.1) is 13.2 Å². The molecule has 74 heavy (non-hydrogen) atoms. The Hall–Kier alpha value is -2.03. The number of hydrogen-bond acceptors (Lipinski definition) is 8. The highest BCUT2D eigenvalue weighted by Gasteiger charge is 2.26. The number of phosphoric acid groups is 1. The summed E-state index contributed by atoms with van der Waals surface area (Å²) in [5.74, 6) is -0.844. The zero-order valence-corrected chi connectivity index (χ0v) is 49.5. The molecule has 0 aromatic heterocycles. The molecule has 0 aromatic carbocycles. The Kier molecular flexibility index (Phi) is 58.6. The van der Waals surface area contributed by atoms with E-state index in [4.69, 9.17) is 24.3 Å². The summed E-state index contributed by atoms with van der Waals surface area (Å²) in [7, 11) is -4.39. The molecular weight excluding hydrogens is 942 g/mol. The lowest BCUT2D eigenvalue weighted by Gasteiger charge is -2.19. The number of nitrogens with two attached hydrogens (primary N) is 1. The Morgan fingerprint density at radius 2 is 0.743 bits per heavy atom. The third-order valence-corrected chi connectivity index (χ3v) is 15.0. The van der Waals surface area contributed by atoms with Crippen molar-refractivity contribution in [1.29, 1.82) is 0 Å². The SMILES string of the molecule is CC/C=C\C/C=C\C/C=C\C/C=C\CCCCCCC(=O)OC(COC(=O)CCCCCCCCCCCCCCCCCCCCCCCCCCCCCCCCCCCCCC)COP(=O)(O)OCCN. The van der Waals surface area contributed by atoms with Crippen molar-refractivity contribution in [2.24, 2.45) is 5.73 Å². The van der Waals surface area contributed by atoms with Gasteiger partial charge in [-0.3, -0.25) is 18.6 Å². The smallest absolute Gasteiger partial charge is 0.462 e. The molecule has 2 unspecified atom stereocenters. The van der Waals surface area contributed by atoms with Crippen LogP contribution in [0.5, 0.6) is 0 Å². The van der Waals surface area contributed by atoms with Gasteiger partial charge in [-0.2, -0.15) is 0 Å². The summed E-state index contributed by atoms with van der Waals surface area (Å²) in [5.41, 5.74) is 5.38. The Balaban J connectivity index is 3.79. The van der Waals surface area contributed by atoms with E-state index in [2.05, 4.69) is 62.5 Å². The first kappa shape index (κ1) is 72.0. The van der Waals surface area contributed by atoms with Crippen molar-refractivity contribution in [3.05, 3.63) is 48.6 Å². The highest BCUT2D eigenvalue weighted by Crippen LogP contribution is 2.43. The molecule has 0 aliphatic heterocycles. The first-order chi connectivity index (χ1) is 36.3. The van der Waals surface area contributed by atoms with Gasteiger partial charge in [-0.15, -0.1) is 0 Å². The van der Waals surface area contributed by atoms with E-state index < -0.39 is 26.5 Å². The van der Waals surface area contributed by atoms with E-state index in [1.165, 1.54) is 212 Å². The molecule has 0 aliphatic carbocycles. The molecule has 9 nitrogen and oxygen atoms in total. The summed E-state index contributed by atoms with van der Waals surface area (Å²) in [6, 6.07) is 0. The number of rotatable bonds is 60. The van der Waals surface area contributed by atoms with Crippen LogP contribution in [0.25, 0.3) is 0 Å². The van der Waals surface area contributed by atoms with E-state index in [9.17, 15) is 19.0 Å². The molecule has 0 heterocycles. The molecular formula is C64H120NO8P. The number of allylic oxidation sites excluding steroid dienone is 8. The number of carbonyl (C=O) groups is 2. The molecule has 0 radical (unpaired) electrons. The lowest BCUT2D eigenvalue weighted by Crippen LogP contribution is -2.29. The fourth-order valence-corrected chi connectivity index (χ4v) is 10.1. The van der Waals surface area contributed by atoms with E-state index in [0.29, 0.717) is 6.42 Å². The van der Waals surface area contributed by atoms with Crippen LogP contribution in [0.2, 0.25) is 0 Å². The molecule has 3 N–H and O–H groups in total. The van der Waals surface area contributed by atoms with E-state index in [0.717, 1.165) is 70.6 Å². The van der Waals surface area contributed by atoms with Crippen molar-refractivity contribution >= 4 is 19.8 Å². The highest BCUT2D eigenvalue weighted by atomic mass is 31.2. The molecule has 0 aromatic rings. The van der Waals surface area contributed by atoms with Gasteiger partial charge in [0, 0.05) is 19.4 Å². The van der Waals surface area contributed by atoms with Crippen molar-refractivity contribution in [1.82, 2.24) is 0 Å². The second-order valence-electron chi connectivity index (χ2n) is 21.3. The second-order valence-corrected chi connectivity index (χ2v) is 22.7. The molecule has 0 spiro atoms.